The van der Waals surface area contributed by atoms with Crippen LogP contribution >= 0.6 is 0 Å². The third kappa shape index (κ3) is 3.38. The lowest BCUT2D eigenvalue weighted by Gasteiger charge is -2.22. The highest BCUT2D eigenvalue weighted by Gasteiger charge is 2.16. The van der Waals surface area contributed by atoms with E-state index in [4.69, 9.17) is 10.6 Å². The summed E-state index contributed by atoms with van der Waals surface area (Å²) in [6.07, 6.45) is 4.84. The molecule has 0 aromatic carbocycles. The van der Waals surface area contributed by atoms with Gasteiger partial charge in [0.2, 0.25) is 0 Å². The van der Waals surface area contributed by atoms with E-state index in [0.717, 1.165) is 26.1 Å². The number of nitrogens with two attached hydrogens (primary N) is 1. The molecule has 1 fully saturated rings. The van der Waals surface area contributed by atoms with Gasteiger partial charge in [-0.2, -0.15) is 0 Å². The van der Waals surface area contributed by atoms with Crippen LogP contribution < -0.4 is 16.6 Å². The first kappa shape index (κ1) is 12.7. The molecule has 18 heavy (non-hydrogen) atoms. The van der Waals surface area contributed by atoms with Crippen LogP contribution in [0.2, 0.25) is 0 Å². The first-order valence-corrected chi connectivity index (χ1v) is 5.94. The fourth-order valence-electron chi connectivity index (χ4n) is 1.82. The van der Waals surface area contributed by atoms with Gasteiger partial charge in [-0.1, -0.05) is 0 Å². The highest BCUT2D eigenvalue weighted by Crippen LogP contribution is 2.13. The van der Waals surface area contributed by atoms with Crippen molar-refractivity contribution in [2.45, 2.75) is 12.8 Å². The van der Waals surface area contributed by atoms with Crippen molar-refractivity contribution >= 4 is 11.7 Å². The Bertz CT molecular complexity index is 406. The minimum atomic E-state index is -0.230. The van der Waals surface area contributed by atoms with Crippen LogP contribution in [0.5, 0.6) is 0 Å². The van der Waals surface area contributed by atoms with Crippen molar-refractivity contribution in [3.63, 3.8) is 0 Å². The lowest BCUT2D eigenvalue weighted by atomic mass is 10.0. The molecule has 7 nitrogen and oxygen atoms in total. The number of hydrogen-bond donors (Lipinski definition) is 3. The Balaban J connectivity index is 1.86. The first-order chi connectivity index (χ1) is 8.79. The number of hydrogen-bond acceptors (Lipinski definition) is 6. The number of carbonyl (C=O) groups excluding carboxylic acids is 1. The molecule has 4 N–H and O–H groups in total. The maximum Gasteiger partial charge on any atom is 0.271 e. The average molecular weight is 251 g/mol. The van der Waals surface area contributed by atoms with Crippen LogP contribution in [0.4, 0.5) is 5.82 Å². The highest BCUT2D eigenvalue weighted by atomic mass is 16.5. The quantitative estimate of drug-likeness (QED) is 0.511. The second-order valence-electron chi connectivity index (χ2n) is 4.20. The van der Waals surface area contributed by atoms with Crippen LogP contribution in [-0.4, -0.2) is 35.6 Å². The lowest BCUT2D eigenvalue weighted by molar-refractivity contribution is 0.0642. The van der Waals surface area contributed by atoms with Gasteiger partial charge in [-0.05, 0) is 18.8 Å². The van der Waals surface area contributed by atoms with Gasteiger partial charge in [0, 0.05) is 19.8 Å². The number of nitrogens with one attached hydrogen (secondary N) is 2. The molecular formula is C11H17N5O2. The van der Waals surface area contributed by atoms with Crippen LogP contribution in [0, 0.1) is 5.92 Å². The van der Waals surface area contributed by atoms with E-state index >= 15 is 0 Å². The molecule has 1 amide bonds. The summed E-state index contributed by atoms with van der Waals surface area (Å²) in [7, 11) is 0. The molecule has 1 aromatic heterocycles. The molecular weight excluding hydrogens is 234 g/mol. The van der Waals surface area contributed by atoms with Crippen molar-refractivity contribution in [3.8, 4) is 0 Å². The third-order valence-corrected chi connectivity index (χ3v) is 2.91. The molecule has 2 heterocycles. The summed E-state index contributed by atoms with van der Waals surface area (Å²) in [5, 5.41) is 2.85. The van der Waals surface area contributed by atoms with Crippen LogP contribution in [-0.2, 0) is 4.74 Å². The average Bonchev–Trinajstić information content (AvgIpc) is 2.46. The van der Waals surface area contributed by atoms with Crippen LogP contribution in [0.3, 0.4) is 0 Å². The van der Waals surface area contributed by atoms with Gasteiger partial charge >= 0.3 is 0 Å². The molecule has 7 heteroatoms. The largest absolute Gasteiger partial charge is 0.381 e. The van der Waals surface area contributed by atoms with Crippen molar-refractivity contribution in [3.05, 3.63) is 18.1 Å². The van der Waals surface area contributed by atoms with E-state index in [1.807, 2.05) is 0 Å². The summed E-state index contributed by atoms with van der Waals surface area (Å²) < 4.78 is 5.26. The zero-order valence-corrected chi connectivity index (χ0v) is 10.1. The minimum Gasteiger partial charge on any atom is -0.381 e. The van der Waals surface area contributed by atoms with Gasteiger partial charge in [0.15, 0.2) is 5.82 Å². The molecule has 98 valence electrons. The van der Waals surface area contributed by atoms with E-state index < -0.39 is 0 Å². The lowest BCUT2D eigenvalue weighted by Crippen LogP contribution is -2.32. The SMILES string of the molecule is NNc1cncc(C(=O)NCC2CCOCC2)n1. The maximum absolute atomic E-state index is 11.8. The van der Waals surface area contributed by atoms with E-state index in [2.05, 4.69) is 20.7 Å². The molecule has 1 aliphatic rings. The Labute approximate surface area is 105 Å². The molecule has 0 radical (unpaired) electrons. The Kier molecular flexibility index (Phi) is 4.43. The second-order valence-corrected chi connectivity index (χ2v) is 4.20. The Morgan fingerprint density at radius 1 is 1.44 bits per heavy atom. The monoisotopic (exact) mass is 251 g/mol. The summed E-state index contributed by atoms with van der Waals surface area (Å²) >= 11 is 0. The summed E-state index contributed by atoms with van der Waals surface area (Å²) in [6, 6.07) is 0. The van der Waals surface area contributed by atoms with Gasteiger partial charge in [-0.15, -0.1) is 0 Å². The zero-order chi connectivity index (χ0) is 12.8. The number of carbonyl (C=O) groups is 1. The molecule has 0 unspecified atom stereocenters. The molecule has 0 aliphatic carbocycles. The molecule has 1 aliphatic heterocycles. The minimum absolute atomic E-state index is 0.230. The summed E-state index contributed by atoms with van der Waals surface area (Å²) in [4.78, 5) is 19.7. The molecule has 1 saturated heterocycles. The number of ether oxygens (including phenoxy) is 1. The Hall–Kier alpha value is -1.73. The fraction of sp³-hybridized carbons (Fsp3) is 0.545. The smallest absolute Gasteiger partial charge is 0.271 e. The van der Waals surface area contributed by atoms with Gasteiger partial charge in [0.25, 0.3) is 5.91 Å². The van der Waals surface area contributed by atoms with Gasteiger partial charge in [-0.25, -0.2) is 10.8 Å². The molecule has 0 atom stereocenters. The number of nitrogens with zero attached hydrogens (tertiary/aromatic N) is 2. The van der Waals surface area contributed by atoms with Crippen LogP contribution in [0.1, 0.15) is 23.3 Å². The van der Waals surface area contributed by atoms with E-state index in [-0.39, 0.29) is 11.6 Å². The van der Waals surface area contributed by atoms with Gasteiger partial charge in [-0.3, -0.25) is 9.78 Å². The third-order valence-electron chi connectivity index (χ3n) is 2.91. The predicted molar refractivity (Wildman–Crippen MR) is 65.7 cm³/mol. The van der Waals surface area contributed by atoms with Crippen molar-refractivity contribution in [1.82, 2.24) is 15.3 Å². The number of aromatic nitrogens is 2. The fourth-order valence-corrected chi connectivity index (χ4v) is 1.82. The van der Waals surface area contributed by atoms with Gasteiger partial charge in [0.1, 0.15) is 5.69 Å². The number of nitrogen functional groups attached to an aromatic ring is 1. The highest BCUT2D eigenvalue weighted by molar-refractivity contribution is 5.92. The summed E-state index contributed by atoms with van der Waals surface area (Å²) in [5.41, 5.74) is 2.62. The molecule has 1 aromatic rings. The topological polar surface area (TPSA) is 102 Å². The summed E-state index contributed by atoms with van der Waals surface area (Å²) in [6.45, 7) is 2.18. The standard InChI is InChI=1S/C11H17N5O2/c12-16-10-7-13-6-9(15-10)11(17)14-5-8-1-3-18-4-2-8/h6-8H,1-5,12H2,(H,14,17)(H,15,16). The maximum atomic E-state index is 11.8. The number of rotatable bonds is 4. The van der Waals surface area contributed by atoms with E-state index in [9.17, 15) is 4.79 Å². The second kappa shape index (κ2) is 6.27. The normalized spacial score (nSPS) is 16.3. The van der Waals surface area contributed by atoms with Crippen molar-refractivity contribution in [2.24, 2.45) is 11.8 Å². The van der Waals surface area contributed by atoms with Crippen molar-refractivity contribution in [1.29, 1.82) is 0 Å². The van der Waals surface area contributed by atoms with Crippen molar-refractivity contribution < 1.29 is 9.53 Å². The number of anilines is 1. The Morgan fingerprint density at radius 3 is 2.94 bits per heavy atom. The molecule has 2 rings (SSSR count). The van der Waals surface area contributed by atoms with E-state index in [0.29, 0.717) is 18.3 Å². The molecule has 0 bridgehead atoms. The van der Waals surface area contributed by atoms with Crippen molar-refractivity contribution in [2.75, 3.05) is 25.2 Å². The summed E-state index contributed by atoms with van der Waals surface area (Å²) in [5.74, 6) is 5.83. The van der Waals surface area contributed by atoms with Gasteiger partial charge in [0.05, 0.1) is 12.4 Å². The Morgan fingerprint density at radius 2 is 2.22 bits per heavy atom. The zero-order valence-electron chi connectivity index (χ0n) is 10.1. The molecule has 0 saturated carbocycles. The van der Waals surface area contributed by atoms with E-state index in [1.165, 1.54) is 12.4 Å². The van der Waals surface area contributed by atoms with Crippen LogP contribution in [0.15, 0.2) is 12.4 Å². The number of hydrazine groups is 1. The molecule has 0 spiro atoms. The van der Waals surface area contributed by atoms with E-state index in [1.54, 1.807) is 0 Å². The first-order valence-electron chi connectivity index (χ1n) is 5.94. The number of amides is 1. The van der Waals surface area contributed by atoms with Crippen LogP contribution in [0.25, 0.3) is 0 Å². The van der Waals surface area contributed by atoms with Gasteiger partial charge < -0.3 is 15.5 Å². The predicted octanol–water partition coefficient (Wildman–Crippen LogP) is -0.0814.